The zero-order valence-corrected chi connectivity index (χ0v) is 15.2. The molecule has 124 valence electrons. The van der Waals surface area contributed by atoms with E-state index in [0.29, 0.717) is 5.92 Å². The van der Waals surface area contributed by atoms with Crippen LogP contribution >= 0.6 is 7.60 Å². The van der Waals surface area contributed by atoms with Gasteiger partial charge in [0.15, 0.2) is 0 Å². The Morgan fingerprint density at radius 1 is 1.17 bits per heavy atom. The fourth-order valence-electron chi connectivity index (χ4n) is 2.46. The zero-order valence-electron chi connectivity index (χ0n) is 14.3. The second-order valence-electron chi connectivity index (χ2n) is 5.83. The topological polar surface area (TPSA) is 35.5 Å². The van der Waals surface area contributed by atoms with Crippen LogP contribution in [0.1, 0.15) is 31.4 Å². The lowest BCUT2D eigenvalue weighted by Crippen LogP contribution is -1.94. The molecule has 23 heavy (non-hydrogen) atoms. The third-order valence-electron chi connectivity index (χ3n) is 4.14. The number of hydrogen-bond donors (Lipinski definition) is 0. The van der Waals surface area contributed by atoms with Crippen LogP contribution in [0.5, 0.6) is 0 Å². The summed E-state index contributed by atoms with van der Waals surface area (Å²) in [6, 6.07) is 8.13. The largest absolute Gasteiger partial charge is 0.327 e. The van der Waals surface area contributed by atoms with Crippen LogP contribution in [-0.2, 0) is 20.2 Å². The molecule has 1 aromatic rings. The van der Waals surface area contributed by atoms with Gasteiger partial charge in [-0.1, -0.05) is 61.1 Å². The van der Waals surface area contributed by atoms with E-state index in [1.807, 2.05) is 12.1 Å². The van der Waals surface area contributed by atoms with E-state index in [1.165, 1.54) is 24.9 Å². The Balaban J connectivity index is 2.10. The van der Waals surface area contributed by atoms with Crippen molar-refractivity contribution in [2.45, 2.75) is 26.9 Å². The van der Waals surface area contributed by atoms with Gasteiger partial charge < -0.3 is 9.05 Å². The predicted molar refractivity (Wildman–Crippen MR) is 96.4 cm³/mol. The van der Waals surface area contributed by atoms with Gasteiger partial charge in [0.05, 0.1) is 6.61 Å². The van der Waals surface area contributed by atoms with Gasteiger partial charge in [-0.3, -0.25) is 4.57 Å². The predicted octanol–water partition coefficient (Wildman–Crippen LogP) is 5.60. The lowest BCUT2D eigenvalue weighted by molar-refractivity contribution is 0.230. The Kier molecular flexibility index (Phi) is 6.17. The van der Waals surface area contributed by atoms with Crippen molar-refractivity contribution in [3.05, 3.63) is 65.3 Å². The molecule has 0 saturated heterocycles. The molecule has 0 spiro atoms. The van der Waals surface area contributed by atoms with Gasteiger partial charge in [-0.15, -0.1) is 0 Å². The zero-order chi connectivity index (χ0) is 16.9. The van der Waals surface area contributed by atoms with Gasteiger partial charge in [-0.05, 0) is 36.0 Å². The van der Waals surface area contributed by atoms with E-state index < -0.39 is 7.60 Å². The van der Waals surface area contributed by atoms with Gasteiger partial charge in [0.2, 0.25) is 0 Å². The fraction of sp³-hybridized carbons (Fsp3) is 0.368. The molecule has 0 bridgehead atoms. The summed E-state index contributed by atoms with van der Waals surface area (Å²) in [5, 5.41) is 0. The molecule has 0 radical (unpaired) electrons. The molecule has 2 atom stereocenters. The van der Waals surface area contributed by atoms with Crippen molar-refractivity contribution in [3.8, 4) is 0 Å². The minimum atomic E-state index is -2.93. The van der Waals surface area contributed by atoms with Crippen molar-refractivity contribution in [2.24, 2.45) is 5.92 Å². The van der Waals surface area contributed by atoms with Crippen molar-refractivity contribution >= 4 is 13.2 Å². The van der Waals surface area contributed by atoms with Crippen LogP contribution in [0.3, 0.4) is 0 Å². The first kappa shape index (κ1) is 17.9. The molecule has 2 rings (SSSR count). The molecule has 2 unspecified atom stereocenters. The molecule has 0 aliphatic heterocycles. The molecule has 0 saturated carbocycles. The maximum absolute atomic E-state index is 11.7. The highest BCUT2D eigenvalue weighted by Gasteiger charge is 2.14. The van der Waals surface area contributed by atoms with Crippen LogP contribution in [0, 0.1) is 5.92 Å². The number of allylic oxidation sites excluding steroid dienone is 6. The lowest BCUT2D eigenvalue weighted by Gasteiger charge is -2.11. The lowest BCUT2D eigenvalue weighted by atomic mass is 9.97. The third-order valence-corrected chi connectivity index (χ3v) is 5.40. The Morgan fingerprint density at radius 2 is 1.87 bits per heavy atom. The summed E-state index contributed by atoms with van der Waals surface area (Å²) in [6.07, 6.45) is 9.95. The SMILES string of the molecule is CCC1C=CC(c2ccc(COP(C)(=O)OC)cc2)=CC=C1C. The van der Waals surface area contributed by atoms with Crippen molar-refractivity contribution in [3.63, 3.8) is 0 Å². The van der Waals surface area contributed by atoms with E-state index in [2.05, 4.69) is 50.3 Å². The minimum Gasteiger partial charge on any atom is -0.312 e. The quantitative estimate of drug-likeness (QED) is 0.636. The van der Waals surface area contributed by atoms with Crippen molar-refractivity contribution < 1.29 is 13.6 Å². The van der Waals surface area contributed by atoms with Crippen molar-refractivity contribution in [2.75, 3.05) is 13.8 Å². The number of rotatable bonds is 6. The van der Waals surface area contributed by atoms with Gasteiger partial charge in [-0.2, -0.15) is 0 Å². The van der Waals surface area contributed by atoms with Crippen LogP contribution in [0.25, 0.3) is 5.57 Å². The smallest absolute Gasteiger partial charge is 0.312 e. The van der Waals surface area contributed by atoms with E-state index in [4.69, 9.17) is 9.05 Å². The summed E-state index contributed by atoms with van der Waals surface area (Å²) in [6.45, 7) is 6.14. The third kappa shape index (κ3) is 5.04. The van der Waals surface area contributed by atoms with Gasteiger partial charge in [0.1, 0.15) is 0 Å². The molecule has 0 fully saturated rings. The molecular formula is C19H25O3P. The summed E-state index contributed by atoms with van der Waals surface area (Å²) in [5.74, 6) is 0.518. The highest BCUT2D eigenvalue weighted by molar-refractivity contribution is 7.52. The Hall–Kier alpha value is -1.41. The van der Waals surface area contributed by atoms with Crippen LogP contribution in [-0.4, -0.2) is 13.8 Å². The fourth-order valence-corrected chi connectivity index (χ4v) is 2.95. The monoisotopic (exact) mass is 332 g/mol. The molecule has 4 heteroatoms. The number of benzene rings is 1. The highest BCUT2D eigenvalue weighted by atomic mass is 31.2. The van der Waals surface area contributed by atoms with Crippen molar-refractivity contribution in [1.82, 2.24) is 0 Å². The van der Waals surface area contributed by atoms with Crippen LogP contribution < -0.4 is 0 Å². The highest BCUT2D eigenvalue weighted by Crippen LogP contribution is 2.43. The Bertz CT molecular complexity index is 668. The first-order chi connectivity index (χ1) is 10.9. The summed E-state index contributed by atoms with van der Waals surface area (Å²) in [4.78, 5) is 0. The second-order valence-corrected chi connectivity index (χ2v) is 8.00. The first-order valence-electron chi connectivity index (χ1n) is 7.89. The normalized spacial score (nSPS) is 20.4. The van der Waals surface area contributed by atoms with Gasteiger partial charge >= 0.3 is 7.60 Å². The van der Waals surface area contributed by atoms with Gasteiger partial charge in [0.25, 0.3) is 0 Å². The maximum Gasteiger partial charge on any atom is 0.327 e. The molecule has 0 aromatic heterocycles. The Labute approximate surface area is 139 Å². The average molecular weight is 332 g/mol. The molecule has 0 amide bonds. The molecule has 1 aliphatic rings. The number of hydrogen-bond acceptors (Lipinski definition) is 3. The molecule has 1 aliphatic carbocycles. The van der Waals surface area contributed by atoms with Crippen LogP contribution in [0.4, 0.5) is 0 Å². The first-order valence-corrected chi connectivity index (χ1v) is 9.88. The van der Waals surface area contributed by atoms with E-state index in [9.17, 15) is 4.57 Å². The minimum absolute atomic E-state index is 0.285. The van der Waals surface area contributed by atoms with Gasteiger partial charge in [-0.25, -0.2) is 0 Å². The standard InChI is InChI=1S/C19H25O3P/c1-5-17-12-13-18(9-6-15(17)2)19-10-7-16(8-11-19)14-22-23(4,20)21-3/h6-13,17H,5,14H2,1-4H3. The molecular weight excluding hydrogens is 307 g/mol. The Morgan fingerprint density at radius 3 is 2.48 bits per heavy atom. The van der Waals surface area contributed by atoms with E-state index in [-0.39, 0.29) is 6.61 Å². The van der Waals surface area contributed by atoms with E-state index >= 15 is 0 Å². The summed E-state index contributed by atoms with van der Waals surface area (Å²) < 4.78 is 21.9. The van der Waals surface area contributed by atoms with Gasteiger partial charge in [0, 0.05) is 13.8 Å². The summed E-state index contributed by atoms with van der Waals surface area (Å²) in [7, 11) is -1.53. The van der Waals surface area contributed by atoms with E-state index in [0.717, 1.165) is 17.5 Å². The molecule has 0 N–H and O–H groups in total. The van der Waals surface area contributed by atoms with Crippen LogP contribution in [0.2, 0.25) is 0 Å². The molecule has 0 heterocycles. The average Bonchev–Trinajstić information content (AvgIpc) is 2.75. The summed E-state index contributed by atoms with van der Waals surface area (Å²) >= 11 is 0. The maximum atomic E-state index is 11.7. The molecule has 1 aromatic carbocycles. The van der Waals surface area contributed by atoms with Crippen molar-refractivity contribution in [1.29, 1.82) is 0 Å². The second kappa shape index (κ2) is 7.92. The van der Waals surface area contributed by atoms with Crippen LogP contribution in [0.15, 0.2) is 54.1 Å². The summed E-state index contributed by atoms with van der Waals surface area (Å²) in [5.41, 5.74) is 4.73. The molecule has 3 nitrogen and oxygen atoms in total. The van der Waals surface area contributed by atoms with E-state index in [1.54, 1.807) is 0 Å².